The maximum Gasteiger partial charge on any atom is 0.161 e. The van der Waals surface area contributed by atoms with Gasteiger partial charge in [-0.3, -0.25) is 4.90 Å². The third kappa shape index (κ3) is 4.10. The number of halogens is 1. The Labute approximate surface area is 170 Å². The molecule has 0 aromatic heterocycles. The highest BCUT2D eigenvalue weighted by atomic mass is 19.1. The van der Waals surface area contributed by atoms with Crippen molar-refractivity contribution in [1.29, 1.82) is 0 Å². The fourth-order valence-corrected chi connectivity index (χ4v) is 4.87. The Morgan fingerprint density at radius 2 is 1.76 bits per heavy atom. The minimum Gasteiger partial charge on any atom is -0.493 e. The van der Waals surface area contributed by atoms with Gasteiger partial charge in [0.2, 0.25) is 0 Å². The van der Waals surface area contributed by atoms with E-state index in [-0.39, 0.29) is 19.0 Å². The lowest BCUT2D eigenvalue weighted by molar-refractivity contribution is -0.0595. The van der Waals surface area contributed by atoms with Crippen LogP contribution in [-0.2, 0) is 12.1 Å². The first kappa shape index (κ1) is 20.1. The molecular formula is C23H28FNO4. The van der Waals surface area contributed by atoms with Crippen molar-refractivity contribution in [2.75, 3.05) is 20.3 Å². The quantitative estimate of drug-likeness (QED) is 0.746. The highest BCUT2D eigenvalue weighted by molar-refractivity contribution is 5.43. The summed E-state index contributed by atoms with van der Waals surface area (Å²) in [4.78, 5) is 2.47. The molecule has 2 bridgehead atoms. The summed E-state index contributed by atoms with van der Waals surface area (Å²) in [5, 5.41) is 20.2. The lowest BCUT2D eigenvalue weighted by Crippen LogP contribution is -2.49. The van der Waals surface area contributed by atoms with Gasteiger partial charge in [-0.2, -0.15) is 0 Å². The Kier molecular flexibility index (Phi) is 5.76. The number of fused-ring (bicyclic) bond motifs is 2. The van der Waals surface area contributed by atoms with E-state index in [9.17, 15) is 9.50 Å². The lowest BCUT2D eigenvalue weighted by Gasteiger charge is -2.44. The van der Waals surface area contributed by atoms with Crippen LogP contribution in [0.25, 0.3) is 0 Å². The molecule has 3 atom stereocenters. The minimum atomic E-state index is -0.893. The normalized spacial score (nSPS) is 26.5. The van der Waals surface area contributed by atoms with Crippen molar-refractivity contribution < 1.29 is 24.1 Å². The molecule has 2 N–H and O–H groups in total. The van der Waals surface area contributed by atoms with E-state index in [2.05, 4.69) is 4.90 Å². The molecule has 2 aliphatic heterocycles. The van der Waals surface area contributed by atoms with Gasteiger partial charge in [-0.15, -0.1) is 0 Å². The van der Waals surface area contributed by atoms with Gasteiger partial charge in [0.15, 0.2) is 11.5 Å². The number of ether oxygens (including phenoxy) is 2. The van der Waals surface area contributed by atoms with Gasteiger partial charge in [0.05, 0.1) is 19.3 Å². The number of hydrogen-bond donors (Lipinski definition) is 2. The number of aliphatic hydroxyl groups excluding tert-OH is 1. The Morgan fingerprint density at radius 3 is 2.38 bits per heavy atom. The number of methoxy groups -OCH3 is 1. The molecule has 6 heteroatoms. The predicted molar refractivity (Wildman–Crippen MR) is 107 cm³/mol. The average Bonchev–Trinajstić information content (AvgIpc) is 2.96. The van der Waals surface area contributed by atoms with E-state index in [0.717, 1.165) is 30.5 Å². The molecule has 2 aromatic carbocycles. The van der Waals surface area contributed by atoms with Crippen LogP contribution < -0.4 is 9.47 Å². The molecule has 4 rings (SSSR count). The van der Waals surface area contributed by atoms with Crippen molar-refractivity contribution in [3.8, 4) is 11.5 Å². The van der Waals surface area contributed by atoms with Crippen LogP contribution in [0.2, 0.25) is 0 Å². The number of nitrogens with zero attached hydrogens (tertiary/aromatic N) is 1. The Hall–Kier alpha value is -2.15. The van der Waals surface area contributed by atoms with Crippen molar-refractivity contribution in [3.05, 3.63) is 59.4 Å². The minimum absolute atomic E-state index is 0.0427. The number of benzene rings is 2. The third-order valence-electron chi connectivity index (χ3n) is 6.24. The summed E-state index contributed by atoms with van der Waals surface area (Å²) in [6.07, 6.45) is 3.43. The van der Waals surface area contributed by atoms with Gasteiger partial charge >= 0.3 is 0 Å². The molecule has 2 fully saturated rings. The lowest BCUT2D eigenvalue weighted by atomic mass is 9.80. The molecule has 5 nitrogen and oxygen atoms in total. The maximum absolute atomic E-state index is 13.3. The second-order valence-corrected chi connectivity index (χ2v) is 8.06. The molecule has 2 saturated heterocycles. The van der Waals surface area contributed by atoms with E-state index in [1.54, 1.807) is 19.2 Å². The summed E-state index contributed by atoms with van der Waals surface area (Å²) in [7, 11) is 1.61. The molecule has 0 amide bonds. The van der Waals surface area contributed by atoms with Crippen LogP contribution >= 0.6 is 0 Å². The maximum atomic E-state index is 13.3. The Balaban J connectivity index is 1.48. The molecule has 0 aliphatic carbocycles. The molecule has 2 aromatic rings. The average molecular weight is 401 g/mol. The van der Waals surface area contributed by atoms with Gasteiger partial charge in [-0.25, -0.2) is 4.39 Å². The fraction of sp³-hybridized carbons (Fsp3) is 0.478. The summed E-state index contributed by atoms with van der Waals surface area (Å²) in [5.74, 6) is 0.999. The number of hydrogen-bond acceptors (Lipinski definition) is 5. The van der Waals surface area contributed by atoms with Crippen LogP contribution in [-0.4, -0.2) is 47.5 Å². The van der Waals surface area contributed by atoms with E-state index in [4.69, 9.17) is 14.6 Å². The zero-order valence-electron chi connectivity index (χ0n) is 16.7. The number of aliphatic hydroxyl groups is 2. The first-order valence-corrected chi connectivity index (χ1v) is 10.2. The topological polar surface area (TPSA) is 62.2 Å². The van der Waals surface area contributed by atoms with E-state index in [1.165, 1.54) is 12.1 Å². The monoisotopic (exact) mass is 401 g/mol. The zero-order valence-corrected chi connectivity index (χ0v) is 16.7. The molecule has 0 spiro atoms. The number of piperidine rings is 1. The summed E-state index contributed by atoms with van der Waals surface area (Å²) < 4.78 is 24.2. The van der Waals surface area contributed by atoms with Crippen LogP contribution in [0.4, 0.5) is 4.39 Å². The summed E-state index contributed by atoms with van der Waals surface area (Å²) in [6, 6.07) is 12.7. The molecule has 2 heterocycles. The fourth-order valence-electron chi connectivity index (χ4n) is 4.87. The van der Waals surface area contributed by atoms with E-state index in [0.29, 0.717) is 36.4 Å². The van der Waals surface area contributed by atoms with E-state index < -0.39 is 5.60 Å². The van der Waals surface area contributed by atoms with Gasteiger partial charge < -0.3 is 19.7 Å². The third-order valence-corrected chi connectivity index (χ3v) is 6.24. The number of rotatable bonds is 7. The standard InChI is InChI=1S/C23H28FNO4/c1-28-22-12-16(2-9-21(22)29-11-10-26)15-25-19-7-8-20(25)14-23(27,13-19)17-3-5-18(24)6-4-17/h2-6,9,12,19-20,26-27H,7-8,10-11,13-15H2,1H3/t19-,20+,23?. The summed E-state index contributed by atoms with van der Waals surface area (Å²) in [6.45, 7) is 0.971. The highest BCUT2D eigenvalue weighted by Gasteiger charge is 2.48. The first-order chi connectivity index (χ1) is 14.0. The smallest absolute Gasteiger partial charge is 0.161 e. The molecular weight excluding hydrogens is 373 g/mol. The SMILES string of the molecule is COc1cc(CN2[C@@H]3CC[C@H]2CC(O)(c2ccc(F)cc2)C3)ccc1OCCO. The van der Waals surface area contributed by atoms with Gasteiger partial charge in [-0.1, -0.05) is 18.2 Å². The predicted octanol–water partition coefficient (Wildman–Crippen LogP) is 3.22. The highest BCUT2D eigenvalue weighted by Crippen LogP contribution is 2.46. The Morgan fingerprint density at radius 1 is 1.07 bits per heavy atom. The van der Waals surface area contributed by atoms with Crippen molar-refractivity contribution in [2.45, 2.75) is 49.9 Å². The van der Waals surface area contributed by atoms with Crippen molar-refractivity contribution in [3.63, 3.8) is 0 Å². The van der Waals surface area contributed by atoms with Crippen molar-refractivity contribution >= 4 is 0 Å². The van der Waals surface area contributed by atoms with Gasteiger partial charge in [0, 0.05) is 18.6 Å². The van der Waals surface area contributed by atoms with Crippen LogP contribution in [0, 0.1) is 5.82 Å². The van der Waals surface area contributed by atoms with Gasteiger partial charge in [-0.05, 0) is 61.1 Å². The van der Waals surface area contributed by atoms with Crippen LogP contribution in [0.15, 0.2) is 42.5 Å². The Bertz CT molecular complexity index is 827. The molecule has 0 saturated carbocycles. The van der Waals surface area contributed by atoms with Gasteiger partial charge in [0.25, 0.3) is 0 Å². The van der Waals surface area contributed by atoms with E-state index in [1.807, 2.05) is 18.2 Å². The summed E-state index contributed by atoms with van der Waals surface area (Å²) >= 11 is 0. The van der Waals surface area contributed by atoms with E-state index >= 15 is 0 Å². The molecule has 29 heavy (non-hydrogen) atoms. The first-order valence-electron chi connectivity index (χ1n) is 10.2. The van der Waals surface area contributed by atoms with Crippen molar-refractivity contribution in [1.82, 2.24) is 4.90 Å². The second-order valence-electron chi connectivity index (χ2n) is 8.06. The second kappa shape index (κ2) is 8.30. The van der Waals surface area contributed by atoms with Crippen LogP contribution in [0.1, 0.15) is 36.8 Å². The van der Waals surface area contributed by atoms with Gasteiger partial charge in [0.1, 0.15) is 12.4 Å². The zero-order chi connectivity index (χ0) is 20.4. The van der Waals surface area contributed by atoms with Crippen LogP contribution in [0.3, 0.4) is 0 Å². The largest absolute Gasteiger partial charge is 0.493 e. The molecule has 156 valence electrons. The molecule has 0 radical (unpaired) electrons. The van der Waals surface area contributed by atoms with Crippen LogP contribution in [0.5, 0.6) is 11.5 Å². The summed E-state index contributed by atoms with van der Waals surface area (Å²) in [5.41, 5.74) is 1.04. The van der Waals surface area contributed by atoms with Crippen molar-refractivity contribution in [2.24, 2.45) is 0 Å². The molecule has 1 unspecified atom stereocenters. The molecule has 2 aliphatic rings.